The summed E-state index contributed by atoms with van der Waals surface area (Å²) in [6, 6.07) is 12.6. The first-order chi connectivity index (χ1) is 13.3. The number of aromatic nitrogens is 2. The molecule has 0 spiro atoms. The quantitative estimate of drug-likeness (QED) is 0.307. The number of ether oxygens (including phenoxy) is 1. The Hall–Kier alpha value is -3.19. The van der Waals surface area contributed by atoms with Crippen LogP contribution < -0.4 is 14.9 Å². The Balaban J connectivity index is 2.15. The van der Waals surface area contributed by atoms with E-state index in [1.54, 1.807) is 52.6 Å². The molecule has 3 aromatic rings. The summed E-state index contributed by atoms with van der Waals surface area (Å²) < 4.78 is 9.02. The van der Waals surface area contributed by atoms with Crippen LogP contribution in [0.5, 0.6) is 11.6 Å². The number of nitrogens with zero attached hydrogens (tertiary/aromatic N) is 4. The summed E-state index contributed by atoms with van der Waals surface area (Å²) in [5.41, 5.74) is 1.19. The van der Waals surface area contributed by atoms with Crippen LogP contribution in [0.15, 0.2) is 58.6 Å². The molecule has 0 aliphatic heterocycles. The number of pyridine rings is 1. The van der Waals surface area contributed by atoms with Crippen LogP contribution in [0.2, 0.25) is 0 Å². The van der Waals surface area contributed by atoms with Gasteiger partial charge in [0.1, 0.15) is 5.75 Å². The van der Waals surface area contributed by atoms with E-state index in [0.29, 0.717) is 34.5 Å². The molecule has 0 aliphatic rings. The van der Waals surface area contributed by atoms with E-state index in [0.717, 1.165) is 0 Å². The number of hydrogen-bond donors (Lipinski definition) is 1. The Bertz CT molecular complexity index is 1080. The van der Waals surface area contributed by atoms with Crippen LogP contribution in [0.1, 0.15) is 6.42 Å². The van der Waals surface area contributed by atoms with Gasteiger partial charge in [-0.25, -0.2) is 9.39 Å². The second kappa shape index (κ2) is 7.82. The van der Waals surface area contributed by atoms with Crippen molar-refractivity contribution in [2.75, 3.05) is 28.3 Å². The third kappa shape index (κ3) is 4.04. The van der Waals surface area contributed by atoms with Gasteiger partial charge in [-0.1, -0.05) is 23.3 Å². The first kappa shape index (κ1) is 19.6. The molecule has 0 bridgehead atoms. The summed E-state index contributed by atoms with van der Waals surface area (Å²) in [7, 11) is 7.48. The van der Waals surface area contributed by atoms with Gasteiger partial charge in [-0.15, -0.1) is 0 Å². The van der Waals surface area contributed by atoms with Crippen molar-refractivity contribution in [2.45, 2.75) is 13.0 Å². The Morgan fingerprint density at radius 2 is 2.00 bits per heavy atom. The SMILES string of the molecule is COc1cccc(-c2c(O)[n+](CCC=N[N+](C)(C)C)c3ccccn3c2=O)c1. The van der Waals surface area contributed by atoms with Gasteiger partial charge < -0.3 is 9.84 Å². The van der Waals surface area contributed by atoms with Gasteiger partial charge in [0.2, 0.25) is 0 Å². The van der Waals surface area contributed by atoms with Crippen molar-refractivity contribution < 1.29 is 19.0 Å². The molecule has 7 nitrogen and oxygen atoms in total. The number of rotatable bonds is 6. The average molecular weight is 382 g/mol. The van der Waals surface area contributed by atoms with E-state index in [-0.39, 0.29) is 17.0 Å². The maximum Gasteiger partial charge on any atom is 0.354 e. The molecular formula is C21H26N4O3+2. The molecule has 2 aromatic heterocycles. The number of fused-ring (bicyclic) bond motifs is 1. The molecule has 0 fully saturated rings. The Morgan fingerprint density at radius 3 is 2.71 bits per heavy atom. The van der Waals surface area contributed by atoms with Gasteiger partial charge in [0, 0.05) is 18.1 Å². The van der Waals surface area contributed by atoms with Crippen molar-refractivity contribution in [3.63, 3.8) is 0 Å². The van der Waals surface area contributed by atoms with E-state index in [4.69, 9.17) is 4.74 Å². The molecule has 7 heteroatoms. The van der Waals surface area contributed by atoms with Crippen LogP contribution in [0, 0.1) is 0 Å². The lowest BCUT2D eigenvalue weighted by atomic mass is 10.1. The second-order valence-electron chi connectivity index (χ2n) is 7.34. The molecule has 0 amide bonds. The molecule has 0 saturated carbocycles. The van der Waals surface area contributed by atoms with Gasteiger partial charge in [0.15, 0.2) is 5.56 Å². The topological polar surface area (TPSA) is 67.2 Å². The predicted octanol–water partition coefficient (Wildman–Crippen LogP) is 2.05. The number of aryl methyl sites for hydroxylation is 1. The summed E-state index contributed by atoms with van der Waals surface area (Å²) in [6.07, 6.45) is 4.16. The van der Waals surface area contributed by atoms with E-state index in [2.05, 4.69) is 5.10 Å². The molecule has 0 aliphatic carbocycles. The van der Waals surface area contributed by atoms with Crippen LogP contribution in [-0.4, -0.2) is 48.6 Å². The van der Waals surface area contributed by atoms with E-state index in [9.17, 15) is 9.90 Å². The highest BCUT2D eigenvalue weighted by Crippen LogP contribution is 2.26. The van der Waals surface area contributed by atoms with Crippen molar-refractivity contribution in [1.82, 2.24) is 4.40 Å². The van der Waals surface area contributed by atoms with Gasteiger partial charge in [0.05, 0.1) is 47.2 Å². The van der Waals surface area contributed by atoms with Crippen LogP contribution >= 0.6 is 0 Å². The molecule has 0 radical (unpaired) electrons. The molecule has 28 heavy (non-hydrogen) atoms. The highest BCUT2D eigenvalue weighted by Gasteiger charge is 2.24. The molecule has 0 unspecified atom stereocenters. The molecule has 0 atom stereocenters. The number of aromatic hydroxyl groups is 1. The Labute approximate surface area is 164 Å². The highest BCUT2D eigenvalue weighted by atomic mass is 16.5. The molecule has 1 aromatic carbocycles. The van der Waals surface area contributed by atoms with E-state index >= 15 is 0 Å². The standard InChI is InChI=1S/C21H25N4O3/c1-25(2,3)22-12-8-14-24-18-11-5-6-13-23(18)20(26)19(21(24)27)16-9-7-10-17(15-16)28-4/h5-7,9-13,15H,8,14H2,1-4H3/q+1/p+1. The highest BCUT2D eigenvalue weighted by molar-refractivity contribution is 5.68. The predicted molar refractivity (Wildman–Crippen MR) is 109 cm³/mol. The van der Waals surface area contributed by atoms with Crippen LogP contribution in [0.25, 0.3) is 16.8 Å². The van der Waals surface area contributed by atoms with Gasteiger partial charge in [-0.3, -0.25) is 0 Å². The lowest BCUT2D eigenvalue weighted by Crippen LogP contribution is -2.41. The second-order valence-corrected chi connectivity index (χ2v) is 7.34. The summed E-state index contributed by atoms with van der Waals surface area (Å²) in [5, 5.41) is 15.4. The zero-order valence-corrected chi connectivity index (χ0v) is 16.7. The van der Waals surface area contributed by atoms with Gasteiger partial charge >= 0.3 is 5.56 Å². The van der Waals surface area contributed by atoms with E-state index < -0.39 is 0 Å². The van der Waals surface area contributed by atoms with Crippen LogP contribution in [0.4, 0.5) is 0 Å². The molecule has 2 heterocycles. The molecule has 3 rings (SSSR count). The fraction of sp³-hybridized carbons (Fsp3) is 0.286. The molecule has 1 N–H and O–H groups in total. The summed E-state index contributed by atoms with van der Waals surface area (Å²) in [5.74, 6) is 0.555. The van der Waals surface area contributed by atoms with Gasteiger partial charge in [0.25, 0.3) is 11.5 Å². The lowest BCUT2D eigenvalue weighted by Gasteiger charge is -2.14. The minimum absolute atomic E-state index is 0.0666. The first-order valence-electron chi connectivity index (χ1n) is 9.08. The first-order valence-corrected chi connectivity index (χ1v) is 9.08. The zero-order chi connectivity index (χ0) is 20.3. The number of hydrogen-bond acceptors (Lipinski definition) is 4. The monoisotopic (exact) mass is 382 g/mol. The van der Waals surface area contributed by atoms with Crippen LogP contribution in [-0.2, 0) is 6.54 Å². The molecule has 146 valence electrons. The van der Waals surface area contributed by atoms with Crippen molar-refractivity contribution in [3.8, 4) is 22.8 Å². The van der Waals surface area contributed by atoms with Gasteiger partial charge in [-0.2, -0.15) is 8.97 Å². The van der Waals surface area contributed by atoms with Crippen LogP contribution in [0.3, 0.4) is 0 Å². The largest absolute Gasteiger partial charge is 0.497 e. The smallest absolute Gasteiger partial charge is 0.354 e. The fourth-order valence-corrected chi connectivity index (χ4v) is 3.03. The number of benzene rings is 1. The van der Waals surface area contributed by atoms with Crippen molar-refractivity contribution in [2.24, 2.45) is 5.10 Å². The van der Waals surface area contributed by atoms with Crippen molar-refractivity contribution in [3.05, 3.63) is 59.0 Å². The van der Waals surface area contributed by atoms with Gasteiger partial charge in [-0.05, 0) is 18.2 Å². The van der Waals surface area contributed by atoms with Crippen molar-refractivity contribution >= 4 is 11.9 Å². The van der Waals surface area contributed by atoms with E-state index in [1.165, 1.54) is 0 Å². The summed E-state index contributed by atoms with van der Waals surface area (Å²) in [6.45, 7) is 0.486. The zero-order valence-electron chi connectivity index (χ0n) is 16.7. The summed E-state index contributed by atoms with van der Waals surface area (Å²) >= 11 is 0. The normalized spacial score (nSPS) is 12.0. The fourth-order valence-electron chi connectivity index (χ4n) is 3.03. The Kier molecular flexibility index (Phi) is 5.46. The number of methoxy groups -OCH3 is 1. The third-order valence-corrected chi connectivity index (χ3v) is 4.30. The molecular weight excluding hydrogens is 356 g/mol. The number of quaternary nitrogens is 1. The Morgan fingerprint density at radius 1 is 1.21 bits per heavy atom. The minimum atomic E-state index is -0.280. The van der Waals surface area contributed by atoms with Crippen molar-refractivity contribution in [1.29, 1.82) is 0 Å². The molecule has 0 saturated heterocycles. The maximum absolute atomic E-state index is 13.1. The lowest BCUT2D eigenvalue weighted by molar-refractivity contribution is -0.876. The van der Waals surface area contributed by atoms with E-state index in [1.807, 2.05) is 39.5 Å². The summed E-state index contributed by atoms with van der Waals surface area (Å²) in [4.78, 5) is 13.1. The average Bonchev–Trinajstić information content (AvgIpc) is 2.67. The third-order valence-electron chi connectivity index (χ3n) is 4.30. The minimum Gasteiger partial charge on any atom is -0.497 e. The maximum atomic E-state index is 13.1.